The van der Waals surface area contributed by atoms with Gasteiger partial charge in [-0.1, -0.05) is 48.5 Å². The van der Waals surface area contributed by atoms with Crippen molar-refractivity contribution in [1.29, 1.82) is 0 Å². The first-order chi connectivity index (χ1) is 9.85. The van der Waals surface area contributed by atoms with E-state index in [1.807, 2.05) is 0 Å². The van der Waals surface area contributed by atoms with Crippen molar-refractivity contribution in [3.63, 3.8) is 0 Å². The third-order valence-electron chi connectivity index (χ3n) is 3.89. The molecule has 0 bridgehead atoms. The van der Waals surface area contributed by atoms with Crippen LogP contribution in [0.25, 0.3) is 0 Å². The van der Waals surface area contributed by atoms with E-state index in [4.69, 9.17) is 17.7 Å². The molecular weight excluding hydrogens is 333 g/mol. The largest absolute Gasteiger partial charge is 0.741 e. The summed E-state index contributed by atoms with van der Waals surface area (Å²) in [6, 6.07) is 0. The predicted octanol–water partition coefficient (Wildman–Crippen LogP) is 3.83. The monoisotopic (exact) mass is 362 g/mol. The van der Waals surface area contributed by atoms with Crippen LogP contribution in [0.3, 0.4) is 0 Å². The Bertz CT molecular complexity index is 450. The molecule has 4 nitrogen and oxygen atoms in total. The Morgan fingerprint density at radius 2 is 1.17 bits per heavy atom. The summed E-state index contributed by atoms with van der Waals surface area (Å²) in [6.45, 7) is 16.3. The van der Waals surface area contributed by atoms with Gasteiger partial charge in [-0.25, -0.2) is 8.42 Å². The smallest absolute Gasteiger partial charge is 0.485 e. The van der Waals surface area contributed by atoms with E-state index in [0.29, 0.717) is 23.0 Å². The predicted molar refractivity (Wildman–Crippen MR) is 82.9 cm³/mol. The molecule has 140 valence electrons. The molecule has 0 aliphatic carbocycles. The van der Waals surface area contributed by atoms with Gasteiger partial charge in [0.25, 0.3) is 0 Å². The minimum Gasteiger partial charge on any atom is -0.741 e. The Labute approximate surface area is 137 Å². The fraction of sp³-hybridized carbons (Fsp3) is 1.00. The maximum absolute atomic E-state index is 10.7. The molecule has 0 saturated carbocycles. The van der Waals surface area contributed by atoms with Crippen LogP contribution in [0.15, 0.2) is 0 Å². The average molecular weight is 362 g/mol. The van der Waals surface area contributed by atoms with Gasteiger partial charge in [0.15, 0.2) is 22.3 Å². The van der Waals surface area contributed by atoms with Gasteiger partial charge in [0.2, 0.25) is 0 Å². The number of aliphatic hydroxyl groups is 2. The summed E-state index contributed by atoms with van der Waals surface area (Å²) in [7, 11) is -6.09. The Balaban J connectivity index is 0.000000515. The highest BCUT2D eigenvalue weighted by Gasteiger charge is 2.43. The third kappa shape index (κ3) is 7.85. The van der Waals surface area contributed by atoms with E-state index in [1.165, 1.54) is 12.8 Å². The molecule has 1 N–H and O–H groups in total. The van der Waals surface area contributed by atoms with Gasteiger partial charge in [-0.15, -0.1) is 0 Å². The van der Waals surface area contributed by atoms with Crippen LogP contribution in [0.2, 0.25) is 0 Å². The number of ether oxygens (including phenoxy) is 1. The van der Waals surface area contributed by atoms with Gasteiger partial charge in [-0.05, 0) is 5.92 Å². The normalized spacial score (nSPS) is 27.2. The van der Waals surface area contributed by atoms with E-state index >= 15 is 0 Å². The van der Waals surface area contributed by atoms with E-state index in [9.17, 15) is 13.2 Å². The van der Waals surface area contributed by atoms with Crippen molar-refractivity contribution in [2.75, 3.05) is 0 Å². The molecule has 1 aliphatic heterocycles. The summed E-state index contributed by atoms with van der Waals surface area (Å²) in [5, 5.41) is 0. The maximum Gasteiger partial charge on any atom is 0.485 e. The van der Waals surface area contributed by atoms with Gasteiger partial charge >= 0.3 is 5.51 Å². The second kappa shape index (κ2) is 7.27. The lowest BCUT2D eigenvalue weighted by molar-refractivity contribution is -0.259. The summed E-state index contributed by atoms with van der Waals surface area (Å²) < 4.78 is 64.0. The zero-order chi connectivity index (χ0) is 18.9. The molecule has 0 aromatic heterocycles. The van der Waals surface area contributed by atoms with E-state index in [-0.39, 0.29) is 0 Å². The van der Waals surface area contributed by atoms with Crippen molar-refractivity contribution in [3.8, 4) is 0 Å². The molecule has 1 rings (SSSR count). The summed E-state index contributed by atoms with van der Waals surface area (Å²) in [5.74, 6) is 0.830. The fourth-order valence-electron chi connectivity index (χ4n) is 2.35. The van der Waals surface area contributed by atoms with Gasteiger partial charge in [-0.3, -0.25) is 0 Å². The van der Waals surface area contributed by atoms with Crippen molar-refractivity contribution < 1.29 is 30.9 Å². The van der Waals surface area contributed by atoms with E-state index in [0.717, 1.165) is 5.92 Å². The molecule has 8 heteroatoms. The second-order valence-electron chi connectivity index (χ2n) is 8.39. The number of hydrogen-bond donors (Lipinski definition) is 0. The fourth-order valence-corrected chi connectivity index (χ4v) is 2.35. The number of rotatable bonds is 0. The Morgan fingerprint density at radius 3 is 1.35 bits per heavy atom. The number of alkyl halides is 3. The topological polar surface area (TPSA) is 70.0 Å². The quantitative estimate of drug-likeness (QED) is 0.374. The third-order valence-corrected chi connectivity index (χ3v) is 4.46. The van der Waals surface area contributed by atoms with Gasteiger partial charge in [0.1, 0.15) is 0 Å². The molecule has 1 fully saturated rings. The molecule has 1 heterocycles. The highest BCUT2D eigenvalue weighted by Crippen LogP contribution is 2.38. The lowest BCUT2D eigenvalue weighted by Crippen LogP contribution is -2.47. The SMILES string of the molecule is CC1CC(C(C)(C)C)[OH+]C(C(C)(C)C)C1.O=S(=O)([O-])C(F)(F)F. The Hall–Kier alpha value is -0.340. The Morgan fingerprint density at radius 1 is 0.913 bits per heavy atom. The molecular formula is C15H29F3O4S. The van der Waals surface area contributed by atoms with Gasteiger partial charge in [0, 0.05) is 23.7 Å². The molecule has 0 spiro atoms. The number of hydrogen-bond acceptors (Lipinski definition) is 3. The molecule has 0 aromatic carbocycles. The van der Waals surface area contributed by atoms with Crippen molar-refractivity contribution >= 4 is 10.1 Å². The van der Waals surface area contributed by atoms with Crippen LogP contribution in [0.5, 0.6) is 0 Å². The summed E-state index contributed by atoms with van der Waals surface area (Å²) in [6.07, 6.45) is 3.64. The minimum absolute atomic E-state index is 0.332. The highest BCUT2D eigenvalue weighted by molar-refractivity contribution is 7.86. The van der Waals surface area contributed by atoms with E-state index in [2.05, 4.69) is 48.5 Å². The van der Waals surface area contributed by atoms with Crippen LogP contribution in [-0.4, -0.2) is 35.4 Å². The van der Waals surface area contributed by atoms with Crippen LogP contribution in [-0.2, 0) is 10.1 Å². The van der Waals surface area contributed by atoms with E-state index in [1.54, 1.807) is 0 Å². The molecule has 2 atom stereocenters. The summed E-state index contributed by atoms with van der Waals surface area (Å²) in [5.41, 5.74) is -4.98. The van der Waals surface area contributed by atoms with Gasteiger partial charge in [0.05, 0.1) is 0 Å². The summed E-state index contributed by atoms with van der Waals surface area (Å²) in [4.78, 5) is 0. The average Bonchev–Trinajstić information content (AvgIpc) is 2.23. The first-order valence-corrected chi connectivity index (χ1v) is 8.98. The molecule has 23 heavy (non-hydrogen) atoms. The Kier molecular flexibility index (Phi) is 7.16. The minimum atomic E-state index is -6.09. The van der Waals surface area contributed by atoms with Crippen LogP contribution < -0.4 is 0 Å². The standard InChI is InChI=1S/C14H28O.CHF3O3S/c1-10-8-11(13(2,3)4)15-12(9-10)14(5,6)7;2-1(3,4)8(5,6)7/h10-12H,8-9H2,1-7H3;(H,5,6,7). The zero-order valence-corrected chi connectivity index (χ0v) is 15.7. The summed E-state index contributed by atoms with van der Waals surface area (Å²) >= 11 is 0. The molecule has 0 radical (unpaired) electrons. The van der Waals surface area contributed by atoms with Crippen LogP contribution in [0, 0.1) is 16.7 Å². The highest BCUT2D eigenvalue weighted by atomic mass is 32.2. The lowest BCUT2D eigenvalue weighted by Gasteiger charge is -2.41. The van der Waals surface area contributed by atoms with Crippen molar-refractivity contribution in [3.05, 3.63) is 0 Å². The van der Waals surface area contributed by atoms with Crippen molar-refractivity contribution in [1.82, 2.24) is 0 Å². The maximum atomic E-state index is 10.7. The molecule has 0 aromatic rings. The first kappa shape index (κ1) is 22.7. The molecule has 2 unspecified atom stereocenters. The van der Waals surface area contributed by atoms with E-state index < -0.39 is 15.6 Å². The first-order valence-electron chi connectivity index (χ1n) is 7.58. The second-order valence-corrected chi connectivity index (χ2v) is 9.76. The molecule has 1 aliphatic rings. The van der Waals surface area contributed by atoms with Crippen molar-refractivity contribution in [2.45, 2.75) is 79.0 Å². The zero-order valence-electron chi connectivity index (χ0n) is 14.9. The number of halogens is 3. The lowest BCUT2D eigenvalue weighted by atomic mass is 9.75. The molecule has 1 saturated heterocycles. The van der Waals surface area contributed by atoms with Crippen molar-refractivity contribution in [2.24, 2.45) is 16.7 Å². The van der Waals surface area contributed by atoms with Crippen LogP contribution in [0.4, 0.5) is 13.2 Å². The van der Waals surface area contributed by atoms with Crippen LogP contribution >= 0.6 is 0 Å². The molecule has 0 amide bonds. The van der Waals surface area contributed by atoms with Gasteiger partial charge in [-0.2, -0.15) is 13.2 Å². The van der Waals surface area contributed by atoms with Crippen LogP contribution in [0.1, 0.15) is 61.3 Å². The van der Waals surface area contributed by atoms with Gasteiger partial charge < -0.3 is 9.29 Å².